The second-order valence-corrected chi connectivity index (χ2v) is 4.11. The fourth-order valence-electron chi connectivity index (χ4n) is 1.13. The Morgan fingerprint density at radius 1 is 1.50 bits per heavy atom. The molecule has 0 aliphatic rings. The van der Waals surface area contributed by atoms with Crippen LogP contribution in [0.1, 0.15) is 0 Å². The summed E-state index contributed by atoms with van der Waals surface area (Å²) >= 11 is 3.26. The van der Waals surface area contributed by atoms with Crippen molar-refractivity contribution in [1.82, 2.24) is 0 Å². The van der Waals surface area contributed by atoms with Crippen molar-refractivity contribution >= 4 is 33.5 Å². The molecule has 0 bridgehead atoms. The number of nitrogens with two attached hydrogens (primary N) is 1. The van der Waals surface area contributed by atoms with Crippen LogP contribution in [0.15, 0.2) is 28.7 Å². The molecule has 86 valence electrons. The van der Waals surface area contributed by atoms with Crippen molar-refractivity contribution in [3.05, 3.63) is 28.7 Å². The minimum atomic E-state index is -1.54. The van der Waals surface area contributed by atoms with Crippen molar-refractivity contribution in [2.45, 2.75) is 6.04 Å². The summed E-state index contributed by atoms with van der Waals surface area (Å²) in [5.74, 6) is -2.00. The van der Waals surface area contributed by atoms with E-state index in [0.29, 0.717) is 5.69 Å². The quantitative estimate of drug-likeness (QED) is 0.806. The van der Waals surface area contributed by atoms with E-state index in [-0.39, 0.29) is 0 Å². The van der Waals surface area contributed by atoms with E-state index in [2.05, 4.69) is 15.9 Å². The summed E-state index contributed by atoms with van der Waals surface area (Å²) in [6.45, 7) is 0. The van der Waals surface area contributed by atoms with Crippen LogP contribution in [-0.4, -0.2) is 30.1 Å². The number of nitrogens with zero attached hydrogens (tertiary/aromatic N) is 1. The van der Waals surface area contributed by atoms with Gasteiger partial charge < -0.3 is 15.7 Å². The Kier molecular flexibility index (Phi) is 4.03. The predicted molar refractivity (Wildman–Crippen MR) is 63.2 cm³/mol. The number of aliphatic carboxylic acids is 1. The molecule has 1 amide bonds. The molecule has 0 saturated heterocycles. The zero-order valence-electron chi connectivity index (χ0n) is 8.55. The maximum atomic E-state index is 11.6. The number of likely N-dealkylation sites (N-methyl/N-ethyl adjacent to an activating group) is 1. The molecule has 0 heterocycles. The van der Waals surface area contributed by atoms with Gasteiger partial charge in [-0.3, -0.25) is 4.79 Å². The molecular formula is C10H11BrN2O3. The molecule has 0 saturated carbocycles. The number of rotatable bonds is 3. The molecule has 0 aromatic heterocycles. The second-order valence-electron chi connectivity index (χ2n) is 3.19. The van der Waals surface area contributed by atoms with Crippen LogP contribution < -0.4 is 10.6 Å². The highest BCUT2D eigenvalue weighted by Crippen LogP contribution is 2.19. The Morgan fingerprint density at radius 2 is 2.12 bits per heavy atom. The van der Waals surface area contributed by atoms with Gasteiger partial charge >= 0.3 is 5.97 Å². The molecule has 3 N–H and O–H groups in total. The Balaban J connectivity index is 2.90. The lowest BCUT2D eigenvalue weighted by Crippen LogP contribution is -2.46. The van der Waals surface area contributed by atoms with Gasteiger partial charge in [0.05, 0.1) is 0 Å². The van der Waals surface area contributed by atoms with Crippen LogP contribution in [0.5, 0.6) is 0 Å². The number of carboxylic acid groups (broad SMARTS) is 1. The minimum Gasteiger partial charge on any atom is -0.480 e. The maximum Gasteiger partial charge on any atom is 0.330 e. The zero-order chi connectivity index (χ0) is 12.3. The third-order valence-corrected chi connectivity index (χ3v) is 2.55. The summed E-state index contributed by atoms with van der Waals surface area (Å²) in [5, 5.41) is 8.62. The minimum absolute atomic E-state index is 0.580. The number of carboxylic acids is 1. The van der Waals surface area contributed by atoms with Crippen LogP contribution in [0.3, 0.4) is 0 Å². The van der Waals surface area contributed by atoms with Crippen LogP contribution in [0.25, 0.3) is 0 Å². The van der Waals surface area contributed by atoms with Crippen molar-refractivity contribution in [3.8, 4) is 0 Å². The second kappa shape index (κ2) is 5.09. The van der Waals surface area contributed by atoms with E-state index in [1.165, 1.54) is 11.9 Å². The molecule has 5 nitrogen and oxygen atoms in total. The maximum absolute atomic E-state index is 11.6. The number of benzene rings is 1. The topological polar surface area (TPSA) is 83.6 Å². The highest BCUT2D eigenvalue weighted by molar-refractivity contribution is 9.10. The molecule has 1 aromatic carbocycles. The summed E-state index contributed by atoms with van der Waals surface area (Å²) < 4.78 is 0.800. The Labute approximate surface area is 101 Å². The van der Waals surface area contributed by atoms with Gasteiger partial charge in [-0.05, 0) is 18.2 Å². The number of carbonyl (C=O) groups is 2. The largest absolute Gasteiger partial charge is 0.480 e. The van der Waals surface area contributed by atoms with Gasteiger partial charge in [-0.2, -0.15) is 0 Å². The first-order valence-corrected chi connectivity index (χ1v) is 5.24. The van der Waals surface area contributed by atoms with Crippen molar-refractivity contribution in [2.75, 3.05) is 11.9 Å². The molecule has 1 rings (SSSR count). The summed E-state index contributed by atoms with van der Waals surface area (Å²) in [6, 6.07) is 5.40. The number of halogens is 1. The normalized spacial score (nSPS) is 11.9. The summed E-state index contributed by atoms with van der Waals surface area (Å²) in [7, 11) is 1.48. The fraction of sp³-hybridized carbons (Fsp3) is 0.200. The van der Waals surface area contributed by atoms with Crippen molar-refractivity contribution in [2.24, 2.45) is 5.73 Å². The van der Waals surface area contributed by atoms with Crippen LogP contribution in [-0.2, 0) is 9.59 Å². The summed E-state index contributed by atoms with van der Waals surface area (Å²) in [4.78, 5) is 23.4. The number of amides is 1. The lowest BCUT2D eigenvalue weighted by molar-refractivity contribution is -0.142. The van der Waals surface area contributed by atoms with Crippen molar-refractivity contribution in [3.63, 3.8) is 0 Å². The smallest absolute Gasteiger partial charge is 0.330 e. The van der Waals surface area contributed by atoms with Crippen LogP contribution in [0.4, 0.5) is 5.69 Å². The van der Waals surface area contributed by atoms with Gasteiger partial charge in [-0.25, -0.2) is 4.79 Å². The van der Waals surface area contributed by atoms with Gasteiger partial charge in [0.2, 0.25) is 0 Å². The number of carbonyl (C=O) groups excluding carboxylic acids is 1. The Hall–Kier alpha value is -1.40. The first kappa shape index (κ1) is 12.7. The van der Waals surface area contributed by atoms with Gasteiger partial charge in [0.1, 0.15) is 0 Å². The Bertz CT molecular complexity index is 422. The predicted octanol–water partition coefficient (Wildman–Crippen LogP) is 0.824. The fourth-order valence-corrected chi connectivity index (χ4v) is 1.51. The van der Waals surface area contributed by atoms with Gasteiger partial charge in [0, 0.05) is 17.2 Å². The standard InChI is InChI=1S/C10H11BrN2O3/c1-13(9(14)8(12)10(15)16)7-4-2-3-6(11)5-7/h2-5,8H,12H2,1H3,(H,15,16). The van der Waals surface area contributed by atoms with E-state index < -0.39 is 17.9 Å². The van der Waals surface area contributed by atoms with E-state index in [1.807, 2.05) is 0 Å². The molecule has 0 aliphatic carbocycles. The molecule has 0 aliphatic heterocycles. The summed E-state index contributed by atoms with van der Waals surface area (Å²) in [5.41, 5.74) is 5.81. The number of anilines is 1. The van der Waals surface area contributed by atoms with Gasteiger partial charge in [0.15, 0.2) is 6.04 Å². The van der Waals surface area contributed by atoms with E-state index in [1.54, 1.807) is 24.3 Å². The molecule has 0 radical (unpaired) electrons. The molecule has 1 atom stereocenters. The van der Waals surface area contributed by atoms with Crippen LogP contribution in [0, 0.1) is 0 Å². The first-order valence-electron chi connectivity index (χ1n) is 4.45. The highest BCUT2D eigenvalue weighted by atomic mass is 79.9. The Morgan fingerprint density at radius 3 is 2.62 bits per heavy atom. The molecule has 0 fully saturated rings. The van der Waals surface area contributed by atoms with Gasteiger partial charge in [0.25, 0.3) is 5.91 Å². The third kappa shape index (κ3) is 2.80. The lowest BCUT2D eigenvalue weighted by atomic mass is 10.2. The van der Waals surface area contributed by atoms with E-state index in [0.717, 1.165) is 4.47 Å². The first-order chi connectivity index (χ1) is 7.43. The van der Waals surface area contributed by atoms with E-state index in [4.69, 9.17) is 10.8 Å². The van der Waals surface area contributed by atoms with E-state index in [9.17, 15) is 9.59 Å². The molecule has 1 unspecified atom stereocenters. The highest BCUT2D eigenvalue weighted by Gasteiger charge is 2.25. The van der Waals surface area contributed by atoms with Crippen LogP contribution in [0.2, 0.25) is 0 Å². The summed E-state index contributed by atoms with van der Waals surface area (Å²) in [6.07, 6.45) is 0. The molecule has 6 heteroatoms. The molecule has 1 aromatic rings. The third-order valence-electron chi connectivity index (χ3n) is 2.06. The van der Waals surface area contributed by atoms with Gasteiger partial charge in [-0.1, -0.05) is 22.0 Å². The average molecular weight is 287 g/mol. The van der Waals surface area contributed by atoms with Crippen LogP contribution >= 0.6 is 15.9 Å². The average Bonchev–Trinajstić information content (AvgIpc) is 2.26. The van der Waals surface area contributed by atoms with Crippen molar-refractivity contribution in [1.29, 1.82) is 0 Å². The molecule has 0 spiro atoms. The van der Waals surface area contributed by atoms with E-state index >= 15 is 0 Å². The number of hydrogen-bond donors (Lipinski definition) is 2. The number of hydrogen-bond acceptors (Lipinski definition) is 3. The monoisotopic (exact) mass is 286 g/mol. The SMILES string of the molecule is CN(C(=O)C(N)C(=O)O)c1cccc(Br)c1. The molecule has 16 heavy (non-hydrogen) atoms. The van der Waals surface area contributed by atoms with Gasteiger partial charge in [-0.15, -0.1) is 0 Å². The zero-order valence-corrected chi connectivity index (χ0v) is 10.1. The van der Waals surface area contributed by atoms with Crippen molar-refractivity contribution < 1.29 is 14.7 Å². The lowest BCUT2D eigenvalue weighted by Gasteiger charge is -2.19. The molecular weight excluding hydrogens is 276 g/mol.